The Bertz CT molecular complexity index is 766. The van der Waals surface area contributed by atoms with Gasteiger partial charge in [0, 0.05) is 30.4 Å². The summed E-state index contributed by atoms with van der Waals surface area (Å²) in [5, 5.41) is 11.1. The minimum Gasteiger partial charge on any atom is -0.334 e. The molecule has 1 aromatic carbocycles. The SMILES string of the molecule is CSc1ccc([N+](=O)[O-])c(C(=O)N(C)Cc2nccn2C(F)F)c1. The number of nitro groups is 1. The van der Waals surface area contributed by atoms with Crippen LogP contribution in [0.3, 0.4) is 0 Å². The molecule has 1 aromatic heterocycles. The summed E-state index contributed by atoms with van der Waals surface area (Å²) in [4.78, 5) is 28.6. The second kappa shape index (κ2) is 7.39. The molecule has 2 aromatic rings. The summed E-state index contributed by atoms with van der Waals surface area (Å²) in [7, 11) is 1.38. The van der Waals surface area contributed by atoms with Gasteiger partial charge in [-0.15, -0.1) is 11.8 Å². The molecule has 0 aliphatic heterocycles. The Kier molecular flexibility index (Phi) is 5.50. The molecule has 0 N–H and O–H groups in total. The number of carbonyl (C=O) groups is 1. The van der Waals surface area contributed by atoms with Crippen molar-refractivity contribution in [3.8, 4) is 0 Å². The van der Waals surface area contributed by atoms with Crippen molar-refractivity contribution in [3.63, 3.8) is 0 Å². The van der Waals surface area contributed by atoms with Crippen molar-refractivity contribution >= 4 is 23.4 Å². The summed E-state index contributed by atoms with van der Waals surface area (Å²) >= 11 is 1.34. The fraction of sp³-hybridized carbons (Fsp3) is 0.286. The zero-order valence-electron chi connectivity index (χ0n) is 12.8. The maximum atomic E-state index is 12.8. The van der Waals surface area contributed by atoms with Crippen molar-refractivity contribution in [1.82, 2.24) is 14.5 Å². The van der Waals surface area contributed by atoms with Gasteiger partial charge in [0.2, 0.25) is 0 Å². The lowest BCUT2D eigenvalue weighted by molar-refractivity contribution is -0.385. The van der Waals surface area contributed by atoms with Gasteiger partial charge in [-0.05, 0) is 18.4 Å². The molecule has 7 nitrogen and oxygen atoms in total. The number of halogens is 2. The van der Waals surface area contributed by atoms with Gasteiger partial charge in [0.05, 0.1) is 11.5 Å². The number of benzene rings is 1. The van der Waals surface area contributed by atoms with Crippen LogP contribution in [0.4, 0.5) is 14.5 Å². The van der Waals surface area contributed by atoms with Gasteiger partial charge in [-0.3, -0.25) is 19.5 Å². The molecule has 0 fully saturated rings. The first-order valence-corrected chi connectivity index (χ1v) is 7.95. The van der Waals surface area contributed by atoms with Gasteiger partial charge in [0.25, 0.3) is 11.6 Å². The Balaban J connectivity index is 2.30. The molecule has 0 aliphatic carbocycles. The van der Waals surface area contributed by atoms with Crippen LogP contribution in [0.25, 0.3) is 0 Å². The van der Waals surface area contributed by atoms with E-state index in [1.807, 2.05) is 0 Å². The second-order valence-corrected chi connectivity index (χ2v) is 5.71. The Morgan fingerprint density at radius 2 is 2.21 bits per heavy atom. The van der Waals surface area contributed by atoms with E-state index in [-0.39, 0.29) is 23.6 Å². The number of hydrogen-bond donors (Lipinski definition) is 0. The Labute approximate surface area is 140 Å². The first kappa shape index (κ1) is 17.9. The Morgan fingerprint density at radius 1 is 1.50 bits per heavy atom. The average molecular weight is 356 g/mol. The molecule has 0 spiro atoms. The maximum Gasteiger partial charge on any atom is 0.319 e. The van der Waals surface area contributed by atoms with E-state index in [1.54, 1.807) is 12.3 Å². The smallest absolute Gasteiger partial charge is 0.319 e. The average Bonchev–Trinajstić information content (AvgIpc) is 3.01. The zero-order valence-corrected chi connectivity index (χ0v) is 13.7. The molecule has 0 unspecified atom stereocenters. The highest BCUT2D eigenvalue weighted by molar-refractivity contribution is 7.98. The number of carbonyl (C=O) groups excluding carboxylic acids is 1. The van der Waals surface area contributed by atoms with Gasteiger partial charge in [0.15, 0.2) is 0 Å². The number of hydrogen-bond acceptors (Lipinski definition) is 5. The second-order valence-electron chi connectivity index (χ2n) is 4.83. The summed E-state index contributed by atoms with van der Waals surface area (Å²) in [5.74, 6) is -0.647. The summed E-state index contributed by atoms with van der Waals surface area (Å²) < 4.78 is 26.3. The summed E-state index contributed by atoms with van der Waals surface area (Å²) in [5.41, 5.74) is -0.425. The van der Waals surface area contributed by atoms with Crippen LogP contribution in [0.1, 0.15) is 22.7 Å². The summed E-state index contributed by atoms with van der Waals surface area (Å²) in [6.45, 7) is -2.98. The molecule has 10 heteroatoms. The molecule has 1 amide bonds. The van der Waals surface area contributed by atoms with Gasteiger partial charge >= 0.3 is 6.55 Å². The number of aromatic nitrogens is 2. The summed E-state index contributed by atoms with van der Waals surface area (Å²) in [6, 6.07) is 4.22. The van der Waals surface area contributed by atoms with E-state index in [0.29, 0.717) is 9.46 Å². The van der Waals surface area contributed by atoms with Crippen LogP contribution in [-0.2, 0) is 6.54 Å². The van der Waals surface area contributed by atoms with Gasteiger partial charge < -0.3 is 4.90 Å². The van der Waals surface area contributed by atoms with Crippen LogP contribution in [0.2, 0.25) is 0 Å². The van der Waals surface area contributed by atoms with Crippen LogP contribution in [0, 0.1) is 10.1 Å². The predicted molar refractivity (Wildman–Crippen MR) is 84.2 cm³/mol. The molecule has 0 aliphatic rings. The van der Waals surface area contributed by atoms with Crippen molar-refractivity contribution in [2.75, 3.05) is 13.3 Å². The molecule has 0 bridgehead atoms. The molecule has 128 valence electrons. The monoisotopic (exact) mass is 356 g/mol. The van der Waals surface area contributed by atoms with E-state index in [9.17, 15) is 23.7 Å². The van der Waals surface area contributed by atoms with Crippen LogP contribution in [0.5, 0.6) is 0 Å². The maximum absolute atomic E-state index is 12.8. The number of imidazole rings is 1. The van der Waals surface area contributed by atoms with Crippen LogP contribution in [-0.4, -0.2) is 38.6 Å². The highest BCUT2D eigenvalue weighted by Crippen LogP contribution is 2.26. The van der Waals surface area contributed by atoms with Crippen molar-refractivity contribution in [2.45, 2.75) is 18.0 Å². The highest BCUT2D eigenvalue weighted by Gasteiger charge is 2.24. The number of nitro benzene ring substituents is 1. The van der Waals surface area contributed by atoms with Crippen LogP contribution in [0.15, 0.2) is 35.5 Å². The van der Waals surface area contributed by atoms with E-state index in [4.69, 9.17) is 0 Å². The molecule has 1 heterocycles. The number of thioether (sulfide) groups is 1. The number of nitrogens with zero attached hydrogens (tertiary/aromatic N) is 4. The number of amides is 1. The molecular formula is C14H14F2N4O3S. The normalized spacial score (nSPS) is 10.9. The lowest BCUT2D eigenvalue weighted by atomic mass is 10.1. The molecule has 2 rings (SSSR count). The van der Waals surface area contributed by atoms with E-state index < -0.39 is 17.4 Å². The fourth-order valence-corrected chi connectivity index (χ4v) is 2.55. The van der Waals surface area contributed by atoms with Gasteiger partial charge in [0.1, 0.15) is 11.4 Å². The third-order valence-corrected chi connectivity index (χ3v) is 4.04. The zero-order chi connectivity index (χ0) is 17.9. The lowest BCUT2D eigenvalue weighted by Crippen LogP contribution is -2.28. The molecular weight excluding hydrogens is 342 g/mol. The quantitative estimate of drug-likeness (QED) is 0.451. The van der Waals surface area contributed by atoms with Crippen molar-refractivity contribution in [1.29, 1.82) is 0 Å². The number of alkyl halides is 2. The van der Waals surface area contributed by atoms with Gasteiger partial charge in [-0.1, -0.05) is 0 Å². The topological polar surface area (TPSA) is 81.3 Å². The first-order chi connectivity index (χ1) is 11.3. The van der Waals surface area contributed by atoms with E-state index in [2.05, 4.69) is 4.98 Å². The first-order valence-electron chi connectivity index (χ1n) is 6.73. The highest BCUT2D eigenvalue weighted by atomic mass is 32.2. The summed E-state index contributed by atoms with van der Waals surface area (Å²) in [6.07, 6.45) is 4.09. The third-order valence-electron chi connectivity index (χ3n) is 3.32. The third kappa shape index (κ3) is 3.70. The molecule has 24 heavy (non-hydrogen) atoms. The Morgan fingerprint density at radius 3 is 2.79 bits per heavy atom. The number of rotatable bonds is 6. The largest absolute Gasteiger partial charge is 0.334 e. The van der Waals surface area contributed by atoms with Crippen LogP contribution < -0.4 is 0 Å². The van der Waals surface area contributed by atoms with E-state index >= 15 is 0 Å². The standard InChI is InChI=1S/C14H14F2N4O3S/c1-18(8-12-17-5-6-19(12)14(15)16)13(21)10-7-9(24-2)3-4-11(10)20(22)23/h3-7,14H,8H2,1-2H3. The molecule has 0 saturated heterocycles. The predicted octanol–water partition coefficient (Wildman–Crippen LogP) is 3.18. The Hall–Kier alpha value is -2.49. The van der Waals surface area contributed by atoms with E-state index in [0.717, 1.165) is 11.1 Å². The lowest BCUT2D eigenvalue weighted by Gasteiger charge is -2.18. The minimum absolute atomic E-state index is 0.00970. The molecule has 0 saturated carbocycles. The van der Waals surface area contributed by atoms with Crippen molar-refractivity contribution in [3.05, 3.63) is 52.1 Å². The minimum atomic E-state index is -2.78. The molecule has 0 atom stereocenters. The van der Waals surface area contributed by atoms with Crippen LogP contribution >= 0.6 is 11.8 Å². The fourth-order valence-electron chi connectivity index (χ4n) is 2.11. The molecule has 0 radical (unpaired) electrons. The van der Waals surface area contributed by atoms with Crippen molar-refractivity contribution < 1.29 is 18.5 Å². The van der Waals surface area contributed by atoms with Gasteiger partial charge in [-0.2, -0.15) is 8.78 Å². The van der Waals surface area contributed by atoms with Gasteiger partial charge in [-0.25, -0.2) is 4.98 Å². The van der Waals surface area contributed by atoms with E-state index in [1.165, 1.54) is 37.1 Å². The van der Waals surface area contributed by atoms with Crippen molar-refractivity contribution in [2.24, 2.45) is 0 Å².